The van der Waals surface area contributed by atoms with Crippen molar-refractivity contribution in [1.29, 1.82) is 0 Å². The summed E-state index contributed by atoms with van der Waals surface area (Å²) in [5.41, 5.74) is 0.793. The lowest BCUT2D eigenvalue weighted by Crippen LogP contribution is -2.59. The maximum absolute atomic E-state index is 13.5. The predicted octanol–water partition coefficient (Wildman–Crippen LogP) is 1.73. The predicted molar refractivity (Wildman–Crippen MR) is 148 cm³/mol. The molecule has 212 valence electrons. The molecular weight excluding hydrogens is 508 g/mol. The van der Waals surface area contributed by atoms with Gasteiger partial charge in [-0.3, -0.25) is 19.2 Å². The molecule has 4 atom stereocenters. The number of hydrogen-bond acceptors (Lipinski definition) is 6. The van der Waals surface area contributed by atoms with E-state index in [-0.39, 0.29) is 37.0 Å². The van der Waals surface area contributed by atoms with E-state index in [4.69, 9.17) is 0 Å². The minimum atomic E-state index is -1.14. The van der Waals surface area contributed by atoms with E-state index >= 15 is 0 Å². The number of rotatable bonds is 16. The second-order valence-corrected chi connectivity index (χ2v) is 11.0. The molecule has 0 fully saturated rings. The van der Waals surface area contributed by atoms with E-state index in [2.05, 4.69) is 21.3 Å². The number of carboxylic acid groups (broad SMARTS) is 1. The van der Waals surface area contributed by atoms with E-state index in [9.17, 15) is 29.1 Å². The second-order valence-electron chi connectivity index (χ2n) is 10.0. The third-order valence-corrected chi connectivity index (χ3v) is 6.43. The largest absolute Gasteiger partial charge is 0.480 e. The van der Waals surface area contributed by atoms with Crippen LogP contribution >= 0.6 is 11.8 Å². The van der Waals surface area contributed by atoms with Gasteiger partial charge in [0.05, 0.1) is 0 Å². The Hall–Kier alpha value is -3.08. The zero-order chi connectivity index (χ0) is 28.8. The molecule has 10 nitrogen and oxygen atoms in total. The van der Waals surface area contributed by atoms with Crippen LogP contribution in [0.15, 0.2) is 30.3 Å². The molecule has 0 saturated heterocycles. The molecule has 0 spiro atoms. The lowest BCUT2D eigenvalue weighted by molar-refractivity contribution is -0.142. The number of benzene rings is 1. The minimum absolute atomic E-state index is 0.0211. The molecule has 0 aliphatic carbocycles. The van der Waals surface area contributed by atoms with Gasteiger partial charge >= 0.3 is 5.97 Å². The number of hydrogen-bond donors (Lipinski definition) is 5. The molecule has 0 radical (unpaired) electrons. The first-order chi connectivity index (χ1) is 17.8. The number of carboxylic acids is 1. The summed E-state index contributed by atoms with van der Waals surface area (Å²) in [6.45, 7) is 8.66. The van der Waals surface area contributed by atoms with Crippen LogP contribution in [0, 0.1) is 11.8 Å². The van der Waals surface area contributed by atoms with Crippen LogP contribution in [0.4, 0.5) is 0 Å². The highest BCUT2D eigenvalue weighted by atomic mass is 32.2. The van der Waals surface area contributed by atoms with Crippen LogP contribution in [0.1, 0.15) is 53.0 Å². The van der Waals surface area contributed by atoms with E-state index in [0.29, 0.717) is 5.75 Å². The van der Waals surface area contributed by atoms with Gasteiger partial charge in [0.25, 0.3) is 0 Å². The van der Waals surface area contributed by atoms with Crippen molar-refractivity contribution >= 4 is 41.4 Å². The standard InChI is InChI=1S/C27H42N4O6S/c1-16(2)14-21(24(33)29-20(27(36)37)12-13-38-6)30-25(34)22(15-19-10-8-7-9-11-19)31-26(35)23(17(3)4)28-18(5)32/h7-11,16-17,20-23H,12-15H2,1-6H3,(H,28,32)(H,29,33)(H,30,34)(H,31,35)(H,36,37)/t20-,21-,22-,23-/m0/s1. The van der Waals surface area contributed by atoms with Gasteiger partial charge in [0.2, 0.25) is 23.6 Å². The van der Waals surface area contributed by atoms with Crippen molar-refractivity contribution in [3.8, 4) is 0 Å². The van der Waals surface area contributed by atoms with Gasteiger partial charge in [-0.2, -0.15) is 11.8 Å². The van der Waals surface area contributed by atoms with Crippen LogP contribution in [0.3, 0.4) is 0 Å². The summed E-state index contributed by atoms with van der Waals surface area (Å²) in [6, 6.07) is 5.16. The Labute approximate surface area is 229 Å². The third kappa shape index (κ3) is 12.0. The number of aliphatic carboxylic acids is 1. The van der Waals surface area contributed by atoms with Gasteiger partial charge < -0.3 is 26.4 Å². The average Bonchev–Trinajstić information content (AvgIpc) is 2.83. The number of nitrogens with one attached hydrogen (secondary N) is 4. The van der Waals surface area contributed by atoms with E-state index in [0.717, 1.165) is 5.56 Å². The van der Waals surface area contributed by atoms with E-state index in [1.165, 1.54) is 18.7 Å². The van der Waals surface area contributed by atoms with Gasteiger partial charge in [-0.25, -0.2) is 4.79 Å². The summed E-state index contributed by atoms with van der Waals surface area (Å²) in [4.78, 5) is 62.9. The van der Waals surface area contributed by atoms with Crippen molar-refractivity contribution in [3.05, 3.63) is 35.9 Å². The first-order valence-corrected chi connectivity index (χ1v) is 14.2. The summed E-state index contributed by atoms with van der Waals surface area (Å²) < 4.78 is 0. The smallest absolute Gasteiger partial charge is 0.326 e. The van der Waals surface area contributed by atoms with Crippen LogP contribution in [-0.4, -0.2) is 70.9 Å². The monoisotopic (exact) mass is 550 g/mol. The normalized spacial score (nSPS) is 14.2. The third-order valence-electron chi connectivity index (χ3n) is 5.79. The Morgan fingerprint density at radius 2 is 1.37 bits per heavy atom. The van der Waals surface area contributed by atoms with Gasteiger partial charge in [0, 0.05) is 13.3 Å². The van der Waals surface area contributed by atoms with Gasteiger partial charge in [-0.15, -0.1) is 0 Å². The van der Waals surface area contributed by atoms with Gasteiger partial charge in [-0.1, -0.05) is 58.0 Å². The lowest BCUT2D eigenvalue weighted by atomic mass is 9.99. The Balaban J connectivity index is 3.18. The molecule has 0 aliphatic heterocycles. The fourth-order valence-corrected chi connectivity index (χ4v) is 4.29. The minimum Gasteiger partial charge on any atom is -0.480 e. The molecule has 0 bridgehead atoms. The van der Waals surface area contributed by atoms with E-state index in [1.807, 2.05) is 50.4 Å². The quantitative estimate of drug-likeness (QED) is 0.210. The zero-order valence-electron chi connectivity index (χ0n) is 23.1. The Morgan fingerprint density at radius 3 is 1.87 bits per heavy atom. The van der Waals surface area contributed by atoms with Crippen molar-refractivity contribution in [3.63, 3.8) is 0 Å². The SMILES string of the molecule is CSCC[C@H](NC(=O)[C@H](CC(C)C)NC(=O)[C@H](Cc1ccccc1)NC(=O)[C@@H](NC(C)=O)C(C)C)C(=O)O. The second kappa shape index (κ2) is 16.7. The molecule has 4 amide bonds. The summed E-state index contributed by atoms with van der Waals surface area (Å²) in [7, 11) is 0. The van der Waals surface area contributed by atoms with Crippen LogP contribution in [-0.2, 0) is 30.4 Å². The summed E-state index contributed by atoms with van der Waals surface area (Å²) >= 11 is 1.47. The topological polar surface area (TPSA) is 154 Å². The lowest BCUT2D eigenvalue weighted by Gasteiger charge is -2.27. The number of carbonyl (C=O) groups is 5. The number of carbonyl (C=O) groups excluding carboxylic acids is 4. The highest BCUT2D eigenvalue weighted by Crippen LogP contribution is 2.10. The molecule has 1 rings (SSSR count). The van der Waals surface area contributed by atoms with E-state index in [1.54, 1.807) is 13.8 Å². The summed E-state index contributed by atoms with van der Waals surface area (Å²) in [6.07, 6.45) is 2.53. The highest BCUT2D eigenvalue weighted by molar-refractivity contribution is 7.98. The molecule has 5 N–H and O–H groups in total. The molecule has 0 heterocycles. The zero-order valence-corrected chi connectivity index (χ0v) is 23.9. The summed E-state index contributed by atoms with van der Waals surface area (Å²) in [5, 5.41) is 20.2. The van der Waals surface area contributed by atoms with Crippen molar-refractivity contribution in [2.45, 2.75) is 78.0 Å². The Kier molecular flexibility index (Phi) is 14.5. The molecule has 11 heteroatoms. The number of amides is 4. The van der Waals surface area contributed by atoms with Crippen molar-refractivity contribution in [2.24, 2.45) is 11.8 Å². The molecular formula is C27H42N4O6S. The van der Waals surface area contributed by atoms with Gasteiger partial charge in [-0.05, 0) is 42.2 Å². The van der Waals surface area contributed by atoms with Crippen molar-refractivity contribution in [1.82, 2.24) is 21.3 Å². The fraction of sp³-hybridized carbons (Fsp3) is 0.593. The first kappa shape index (κ1) is 32.9. The fourth-order valence-electron chi connectivity index (χ4n) is 3.82. The first-order valence-electron chi connectivity index (χ1n) is 12.8. The number of thioether (sulfide) groups is 1. The van der Waals surface area contributed by atoms with Crippen LogP contribution < -0.4 is 21.3 Å². The van der Waals surface area contributed by atoms with Crippen LogP contribution in [0.2, 0.25) is 0 Å². The maximum atomic E-state index is 13.5. The van der Waals surface area contributed by atoms with Gasteiger partial charge in [0.1, 0.15) is 24.2 Å². The Bertz CT molecular complexity index is 941. The molecule has 1 aromatic carbocycles. The van der Waals surface area contributed by atoms with Crippen molar-refractivity contribution < 1.29 is 29.1 Å². The molecule has 38 heavy (non-hydrogen) atoms. The Morgan fingerprint density at radius 1 is 0.816 bits per heavy atom. The highest BCUT2D eigenvalue weighted by Gasteiger charge is 2.32. The summed E-state index contributed by atoms with van der Waals surface area (Å²) in [5.74, 6) is -2.86. The molecule has 0 aromatic heterocycles. The van der Waals surface area contributed by atoms with Gasteiger partial charge in [0.15, 0.2) is 0 Å². The van der Waals surface area contributed by atoms with E-state index < -0.39 is 47.9 Å². The van der Waals surface area contributed by atoms with Crippen molar-refractivity contribution in [2.75, 3.05) is 12.0 Å². The maximum Gasteiger partial charge on any atom is 0.326 e. The molecule has 0 saturated carbocycles. The van der Waals surface area contributed by atoms with Crippen LogP contribution in [0.25, 0.3) is 0 Å². The molecule has 1 aromatic rings. The molecule has 0 aliphatic rings. The molecule has 0 unspecified atom stereocenters. The van der Waals surface area contributed by atoms with Crippen LogP contribution in [0.5, 0.6) is 0 Å². The average molecular weight is 551 g/mol.